The molecule has 8 nitrogen and oxygen atoms in total. The summed E-state index contributed by atoms with van der Waals surface area (Å²) >= 11 is 0. The van der Waals surface area contributed by atoms with Crippen molar-refractivity contribution in [1.29, 1.82) is 0 Å². The number of halogens is 3. The summed E-state index contributed by atoms with van der Waals surface area (Å²) in [6.07, 6.45) is 0.188. The van der Waals surface area contributed by atoms with Crippen LogP contribution in [0.4, 0.5) is 13.2 Å². The van der Waals surface area contributed by atoms with Gasteiger partial charge in [0.05, 0.1) is 30.4 Å². The molecule has 1 aliphatic rings. The van der Waals surface area contributed by atoms with Gasteiger partial charge in [-0.15, -0.1) is 0 Å². The van der Waals surface area contributed by atoms with E-state index in [-0.39, 0.29) is 18.9 Å². The maximum absolute atomic E-state index is 13.1. The molecule has 0 aromatic carbocycles. The quantitative estimate of drug-likeness (QED) is 0.448. The molecule has 1 amide bonds. The van der Waals surface area contributed by atoms with Crippen molar-refractivity contribution in [2.75, 3.05) is 13.7 Å². The highest BCUT2D eigenvalue weighted by molar-refractivity contribution is 7.27. The van der Waals surface area contributed by atoms with Crippen LogP contribution in [0.5, 0.6) is 5.88 Å². The molecule has 0 bridgehead atoms. The molecule has 4 rings (SSSR count). The van der Waals surface area contributed by atoms with E-state index in [2.05, 4.69) is 24.2 Å². The summed E-state index contributed by atoms with van der Waals surface area (Å²) in [4.78, 5) is 26.4. The van der Waals surface area contributed by atoms with Crippen LogP contribution in [0.25, 0.3) is 17.1 Å². The summed E-state index contributed by atoms with van der Waals surface area (Å²) in [7, 11) is 7.27. The van der Waals surface area contributed by atoms with Crippen molar-refractivity contribution in [3.05, 3.63) is 35.2 Å². The molecule has 4 heterocycles. The predicted molar refractivity (Wildman–Crippen MR) is 111 cm³/mol. The Morgan fingerprint density at radius 2 is 2.00 bits per heavy atom. The fourth-order valence-electron chi connectivity index (χ4n) is 3.79. The first kappa shape index (κ1) is 21.3. The van der Waals surface area contributed by atoms with Crippen LogP contribution in [-0.4, -0.2) is 48.5 Å². The molecule has 0 spiro atoms. The molecule has 0 aliphatic carbocycles. The number of carbonyl (C=O) groups is 1. The standard InChI is InChI=1S/C19H20F3N6O2P/c1-26-12-8-28(7-6-11(12)25-18(26)19(20,21)22)13(29)5-4-10-14-15(27(2)17(10)31)23-9-24-16(14)30-3/h4-5,9H,6-8,31H2,1-3H3/b5-4+. The molecule has 0 saturated heterocycles. The summed E-state index contributed by atoms with van der Waals surface area (Å²) < 4.78 is 47.6. The van der Waals surface area contributed by atoms with Gasteiger partial charge in [0.2, 0.25) is 17.6 Å². The molecule has 164 valence electrons. The number of ether oxygens (including phenoxy) is 1. The molecule has 0 N–H and O–H groups in total. The second-order valence-corrected chi connectivity index (χ2v) is 7.72. The fourth-order valence-corrected chi connectivity index (χ4v) is 4.15. The SMILES string of the molecule is COc1ncnc2c1c(/C=C/C(=O)N1CCc3nc(C(F)(F)F)n(C)c3C1)c(P)n2C. The first-order valence-corrected chi connectivity index (χ1v) is 9.92. The summed E-state index contributed by atoms with van der Waals surface area (Å²) in [5.74, 6) is -0.867. The largest absolute Gasteiger partial charge is 0.480 e. The Hall–Kier alpha value is -2.94. The average Bonchev–Trinajstić information content (AvgIpc) is 3.20. The third kappa shape index (κ3) is 3.56. The summed E-state index contributed by atoms with van der Waals surface area (Å²) in [6.45, 7) is 0.355. The zero-order valence-electron chi connectivity index (χ0n) is 17.1. The Bertz CT molecular complexity index is 1210. The van der Waals surface area contributed by atoms with Gasteiger partial charge in [0, 0.05) is 44.1 Å². The fraction of sp³-hybridized carbons (Fsp3) is 0.368. The first-order valence-electron chi connectivity index (χ1n) is 9.35. The van der Waals surface area contributed by atoms with Crippen molar-refractivity contribution in [1.82, 2.24) is 29.0 Å². The van der Waals surface area contributed by atoms with Gasteiger partial charge < -0.3 is 18.8 Å². The number of imidazole rings is 1. The molecular weight excluding hydrogens is 432 g/mol. The van der Waals surface area contributed by atoms with E-state index in [9.17, 15) is 18.0 Å². The maximum Gasteiger partial charge on any atom is 0.449 e. The van der Waals surface area contributed by atoms with E-state index in [1.165, 1.54) is 31.5 Å². The van der Waals surface area contributed by atoms with Crippen LogP contribution in [0.15, 0.2) is 12.4 Å². The topological polar surface area (TPSA) is 78.1 Å². The van der Waals surface area contributed by atoms with Crippen LogP contribution in [0, 0.1) is 0 Å². The second-order valence-electron chi connectivity index (χ2n) is 7.17. The Balaban J connectivity index is 1.62. The number of amides is 1. The van der Waals surface area contributed by atoms with Crippen molar-refractivity contribution >= 4 is 37.7 Å². The molecule has 12 heteroatoms. The van der Waals surface area contributed by atoms with Gasteiger partial charge in [-0.2, -0.15) is 13.2 Å². The normalized spacial score (nSPS) is 14.5. The summed E-state index contributed by atoms with van der Waals surface area (Å²) in [5, 5.41) is 0.670. The van der Waals surface area contributed by atoms with Gasteiger partial charge in [0.15, 0.2) is 0 Å². The Labute approximate surface area is 177 Å². The van der Waals surface area contributed by atoms with E-state index in [0.717, 1.165) is 10.0 Å². The second kappa shape index (κ2) is 7.64. The monoisotopic (exact) mass is 452 g/mol. The van der Waals surface area contributed by atoms with Crippen molar-refractivity contribution in [3.8, 4) is 5.88 Å². The van der Waals surface area contributed by atoms with E-state index in [1.807, 2.05) is 11.6 Å². The minimum Gasteiger partial charge on any atom is -0.480 e. The van der Waals surface area contributed by atoms with Crippen LogP contribution in [0.2, 0.25) is 0 Å². The Morgan fingerprint density at radius 1 is 1.26 bits per heavy atom. The van der Waals surface area contributed by atoms with Crippen molar-refractivity contribution in [3.63, 3.8) is 0 Å². The molecule has 0 fully saturated rings. The Morgan fingerprint density at radius 3 is 2.68 bits per heavy atom. The van der Waals surface area contributed by atoms with E-state index in [4.69, 9.17) is 4.74 Å². The van der Waals surface area contributed by atoms with Gasteiger partial charge in [-0.1, -0.05) is 9.24 Å². The molecule has 1 atom stereocenters. The summed E-state index contributed by atoms with van der Waals surface area (Å²) in [5.41, 5.74) is 2.94. The van der Waals surface area contributed by atoms with Gasteiger partial charge in [-0.25, -0.2) is 15.0 Å². The molecule has 0 radical (unpaired) electrons. The van der Waals surface area contributed by atoms with E-state index in [0.29, 0.717) is 40.4 Å². The minimum atomic E-state index is -4.54. The number of rotatable bonds is 3. The molecule has 0 saturated carbocycles. The smallest absolute Gasteiger partial charge is 0.449 e. The number of alkyl halides is 3. The molecule has 3 aromatic rings. The van der Waals surface area contributed by atoms with Crippen LogP contribution in [0.3, 0.4) is 0 Å². The summed E-state index contributed by atoms with van der Waals surface area (Å²) in [6, 6.07) is 0. The van der Waals surface area contributed by atoms with Gasteiger partial charge in [-0.05, 0) is 6.08 Å². The highest BCUT2D eigenvalue weighted by Gasteiger charge is 2.39. The first-order chi connectivity index (χ1) is 14.6. The number of nitrogens with zero attached hydrogens (tertiary/aromatic N) is 6. The third-order valence-corrected chi connectivity index (χ3v) is 6.12. The number of methoxy groups -OCH3 is 1. The highest BCUT2D eigenvalue weighted by Crippen LogP contribution is 2.32. The number of aryl methyl sites for hydroxylation is 1. The highest BCUT2D eigenvalue weighted by atomic mass is 31.0. The lowest BCUT2D eigenvalue weighted by molar-refractivity contribution is -0.146. The third-order valence-electron chi connectivity index (χ3n) is 5.42. The number of aromatic nitrogens is 5. The van der Waals surface area contributed by atoms with Gasteiger partial charge in [-0.3, -0.25) is 4.79 Å². The molecule has 1 unspecified atom stereocenters. The van der Waals surface area contributed by atoms with Crippen LogP contribution >= 0.6 is 9.24 Å². The zero-order valence-corrected chi connectivity index (χ0v) is 18.2. The average molecular weight is 452 g/mol. The van der Waals surface area contributed by atoms with Crippen LogP contribution < -0.4 is 10.2 Å². The van der Waals surface area contributed by atoms with Crippen molar-refractivity contribution < 1.29 is 22.7 Å². The van der Waals surface area contributed by atoms with Crippen LogP contribution in [-0.2, 0) is 38.0 Å². The lowest BCUT2D eigenvalue weighted by atomic mass is 10.1. The van der Waals surface area contributed by atoms with E-state index < -0.39 is 12.0 Å². The number of carbonyl (C=O) groups excluding carboxylic acids is 1. The zero-order chi connectivity index (χ0) is 22.5. The van der Waals surface area contributed by atoms with Gasteiger partial charge >= 0.3 is 6.18 Å². The van der Waals surface area contributed by atoms with E-state index >= 15 is 0 Å². The van der Waals surface area contributed by atoms with Gasteiger partial charge in [0.1, 0.15) is 12.0 Å². The molecule has 31 heavy (non-hydrogen) atoms. The van der Waals surface area contributed by atoms with Crippen molar-refractivity contribution in [2.45, 2.75) is 19.1 Å². The number of hydrogen-bond donors (Lipinski definition) is 0. The maximum atomic E-state index is 13.1. The van der Waals surface area contributed by atoms with E-state index in [1.54, 1.807) is 6.08 Å². The predicted octanol–water partition coefficient (Wildman–Crippen LogP) is 1.83. The minimum absolute atomic E-state index is 0.0633. The molecular formula is C19H20F3N6O2P. The Kier molecular flexibility index (Phi) is 5.25. The lowest BCUT2D eigenvalue weighted by Gasteiger charge is -2.26. The number of fused-ring (bicyclic) bond motifs is 2. The van der Waals surface area contributed by atoms with Crippen LogP contribution in [0.1, 0.15) is 22.8 Å². The lowest BCUT2D eigenvalue weighted by Crippen LogP contribution is -2.35. The number of hydrogen-bond acceptors (Lipinski definition) is 5. The van der Waals surface area contributed by atoms with Crippen molar-refractivity contribution in [2.24, 2.45) is 14.1 Å². The molecule has 3 aromatic heterocycles. The molecule has 1 aliphatic heterocycles. The van der Waals surface area contributed by atoms with Gasteiger partial charge in [0.25, 0.3) is 0 Å².